The fraction of sp³-hybridized carbons (Fsp3) is 0.267. The number of benzene rings is 1. The largest absolute Gasteiger partial charge is 0.452 e. The number of nitrogens with one attached hydrogen (secondary N) is 1. The van der Waals surface area contributed by atoms with Gasteiger partial charge in [-0.05, 0) is 17.7 Å². The lowest BCUT2D eigenvalue weighted by Gasteiger charge is -2.12. The Bertz CT molecular complexity index is 785. The Hall–Kier alpha value is -3.23. The van der Waals surface area contributed by atoms with Gasteiger partial charge in [-0.1, -0.05) is 12.1 Å². The molecule has 3 amide bonds. The van der Waals surface area contributed by atoms with Crippen molar-refractivity contribution < 1.29 is 23.5 Å². The number of hydrogen-bond acceptors (Lipinski definition) is 7. The highest BCUT2D eigenvalue weighted by molar-refractivity contribution is 6.01. The highest BCUT2D eigenvalue weighted by Gasteiger charge is 2.28. The van der Waals surface area contributed by atoms with Gasteiger partial charge in [-0.15, -0.1) is 10.2 Å². The van der Waals surface area contributed by atoms with Crippen molar-refractivity contribution in [2.24, 2.45) is 0 Å². The van der Waals surface area contributed by atoms with E-state index in [0.29, 0.717) is 17.0 Å². The SMILES string of the molecule is Cc1nnc(COC(=O)c2cccc(CN3C(=O)CNC3=O)c2)o1. The molecule has 1 saturated heterocycles. The van der Waals surface area contributed by atoms with Gasteiger partial charge in [0.2, 0.25) is 11.8 Å². The molecule has 0 bridgehead atoms. The number of carbonyl (C=O) groups is 3. The Kier molecular flexibility index (Phi) is 4.23. The van der Waals surface area contributed by atoms with Gasteiger partial charge in [0, 0.05) is 6.92 Å². The van der Waals surface area contributed by atoms with E-state index in [1.807, 2.05) is 0 Å². The molecular formula is C15H14N4O5. The van der Waals surface area contributed by atoms with Crippen molar-refractivity contribution in [1.29, 1.82) is 0 Å². The first-order valence-electron chi connectivity index (χ1n) is 7.16. The predicted octanol–water partition coefficient (Wildman–Crippen LogP) is 0.787. The van der Waals surface area contributed by atoms with E-state index in [2.05, 4.69) is 15.5 Å². The van der Waals surface area contributed by atoms with Crippen molar-refractivity contribution in [2.45, 2.75) is 20.1 Å². The number of urea groups is 1. The number of rotatable bonds is 5. The van der Waals surface area contributed by atoms with Crippen LogP contribution in [0, 0.1) is 6.92 Å². The first kappa shape index (κ1) is 15.7. The van der Waals surface area contributed by atoms with Gasteiger partial charge in [0.25, 0.3) is 5.89 Å². The number of aromatic nitrogens is 2. The molecule has 1 aromatic carbocycles. The van der Waals surface area contributed by atoms with E-state index >= 15 is 0 Å². The zero-order chi connectivity index (χ0) is 17.1. The van der Waals surface area contributed by atoms with Crippen molar-refractivity contribution in [1.82, 2.24) is 20.4 Å². The Morgan fingerprint density at radius 2 is 2.21 bits per heavy atom. The van der Waals surface area contributed by atoms with Gasteiger partial charge in [-0.3, -0.25) is 9.69 Å². The van der Waals surface area contributed by atoms with Crippen molar-refractivity contribution in [3.05, 3.63) is 47.2 Å². The zero-order valence-corrected chi connectivity index (χ0v) is 12.8. The molecule has 0 spiro atoms. The van der Waals surface area contributed by atoms with Crippen LogP contribution in [0.2, 0.25) is 0 Å². The van der Waals surface area contributed by atoms with E-state index in [9.17, 15) is 14.4 Å². The second kappa shape index (κ2) is 6.49. The number of ether oxygens (including phenoxy) is 1. The summed E-state index contributed by atoms with van der Waals surface area (Å²) in [5, 5.41) is 9.81. The smallest absolute Gasteiger partial charge is 0.338 e. The molecule has 3 rings (SSSR count). The average Bonchev–Trinajstić information content (AvgIpc) is 3.13. The number of imide groups is 1. The molecule has 0 unspecified atom stereocenters. The topological polar surface area (TPSA) is 115 Å². The summed E-state index contributed by atoms with van der Waals surface area (Å²) in [7, 11) is 0. The third kappa shape index (κ3) is 3.40. The fourth-order valence-corrected chi connectivity index (χ4v) is 2.20. The van der Waals surface area contributed by atoms with E-state index in [0.717, 1.165) is 4.90 Å². The summed E-state index contributed by atoms with van der Waals surface area (Å²) in [5.41, 5.74) is 0.944. The Morgan fingerprint density at radius 3 is 2.88 bits per heavy atom. The van der Waals surface area contributed by atoms with E-state index < -0.39 is 12.0 Å². The van der Waals surface area contributed by atoms with Gasteiger partial charge in [0.1, 0.15) is 0 Å². The molecule has 9 nitrogen and oxygen atoms in total. The normalized spacial score (nSPS) is 14.0. The third-order valence-corrected chi connectivity index (χ3v) is 3.34. The number of amides is 3. The summed E-state index contributed by atoms with van der Waals surface area (Å²) >= 11 is 0. The lowest BCUT2D eigenvalue weighted by Crippen LogP contribution is -2.30. The average molecular weight is 330 g/mol. The van der Waals surface area contributed by atoms with Crippen LogP contribution < -0.4 is 5.32 Å². The molecule has 1 fully saturated rings. The Morgan fingerprint density at radius 1 is 1.38 bits per heavy atom. The summed E-state index contributed by atoms with van der Waals surface area (Å²) in [6.07, 6.45) is 0. The minimum Gasteiger partial charge on any atom is -0.452 e. The first-order chi connectivity index (χ1) is 11.5. The standard InChI is InChI=1S/C15H14N4O5/c1-9-17-18-12(24-9)8-23-14(21)11-4-2-3-10(5-11)7-19-13(20)6-16-15(19)22/h2-5H,6-8H2,1H3,(H,16,22). The molecule has 2 heterocycles. The van der Waals surface area contributed by atoms with Gasteiger partial charge in [-0.25, -0.2) is 9.59 Å². The number of nitrogens with zero attached hydrogens (tertiary/aromatic N) is 3. The van der Waals surface area contributed by atoms with Crippen LogP contribution in [0.5, 0.6) is 0 Å². The third-order valence-electron chi connectivity index (χ3n) is 3.34. The molecule has 1 N–H and O–H groups in total. The van der Waals surface area contributed by atoms with E-state index in [1.165, 1.54) is 0 Å². The maximum atomic E-state index is 12.1. The Labute approximate surface area is 136 Å². The van der Waals surface area contributed by atoms with Crippen LogP contribution in [-0.4, -0.2) is 39.5 Å². The molecule has 24 heavy (non-hydrogen) atoms. The minimum absolute atomic E-state index is 0.00976. The van der Waals surface area contributed by atoms with E-state index in [-0.39, 0.29) is 31.5 Å². The van der Waals surface area contributed by atoms with Gasteiger partial charge in [0.15, 0.2) is 6.61 Å². The molecule has 0 aliphatic carbocycles. The molecule has 0 saturated carbocycles. The molecule has 9 heteroatoms. The quantitative estimate of drug-likeness (QED) is 0.636. The number of carbonyl (C=O) groups excluding carboxylic acids is 3. The summed E-state index contributed by atoms with van der Waals surface area (Å²) < 4.78 is 10.2. The summed E-state index contributed by atoms with van der Waals surface area (Å²) in [5.74, 6) is -0.280. The van der Waals surface area contributed by atoms with Crippen molar-refractivity contribution in [2.75, 3.05) is 6.54 Å². The zero-order valence-electron chi connectivity index (χ0n) is 12.8. The second-order valence-electron chi connectivity index (χ2n) is 5.13. The monoisotopic (exact) mass is 330 g/mol. The predicted molar refractivity (Wildman–Crippen MR) is 78.5 cm³/mol. The molecule has 2 aromatic rings. The minimum atomic E-state index is -0.565. The van der Waals surface area contributed by atoms with E-state index in [1.54, 1.807) is 31.2 Å². The maximum Gasteiger partial charge on any atom is 0.338 e. The number of aryl methyl sites for hydroxylation is 1. The molecular weight excluding hydrogens is 316 g/mol. The van der Waals surface area contributed by atoms with Crippen molar-refractivity contribution in [3.63, 3.8) is 0 Å². The van der Waals surface area contributed by atoms with Crippen LogP contribution in [0.3, 0.4) is 0 Å². The van der Waals surface area contributed by atoms with Crippen LogP contribution in [0.15, 0.2) is 28.7 Å². The fourth-order valence-electron chi connectivity index (χ4n) is 2.20. The second-order valence-corrected chi connectivity index (χ2v) is 5.13. The summed E-state index contributed by atoms with van der Waals surface area (Å²) in [6, 6.07) is 6.08. The van der Waals surface area contributed by atoms with Crippen molar-refractivity contribution >= 4 is 17.9 Å². The van der Waals surface area contributed by atoms with Crippen LogP contribution >= 0.6 is 0 Å². The van der Waals surface area contributed by atoms with Gasteiger partial charge >= 0.3 is 12.0 Å². The maximum absolute atomic E-state index is 12.1. The summed E-state index contributed by atoms with van der Waals surface area (Å²) in [6.45, 7) is 1.59. The van der Waals surface area contributed by atoms with Crippen LogP contribution in [-0.2, 0) is 22.7 Å². The molecule has 124 valence electrons. The lowest BCUT2D eigenvalue weighted by molar-refractivity contribution is -0.125. The molecule has 1 aliphatic rings. The number of hydrogen-bond donors (Lipinski definition) is 1. The van der Waals surface area contributed by atoms with Gasteiger partial charge < -0.3 is 14.5 Å². The van der Waals surface area contributed by atoms with Crippen LogP contribution in [0.25, 0.3) is 0 Å². The van der Waals surface area contributed by atoms with Crippen molar-refractivity contribution in [3.8, 4) is 0 Å². The molecule has 0 atom stereocenters. The first-order valence-corrected chi connectivity index (χ1v) is 7.16. The van der Waals surface area contributed by atoms with Crippen LogP contribution in [0.4, 0.5) is 4.79 Å². The van der Waals surface area contributed by atoms with Crippen LogP contribution in [0.1, 0.15) is 27.7 Å². The van der Waals surface area contributed by atoms with Gasteiger partial charge in [0.05, 0.1) is 18.7 Å². The van der Waals surface area contributed by atoms with Gasteiger partial charge in [-0.2, -0.15) is 0 Å². The number of esters is 1. The lowest BCUT2D eigenvalue weighted by atomic mass is 10.1. The molecule has 0 radical (unpaired) electrons. The Balaban J connectivity index is 1.64. The highest BCUT2D eigenvalue weighted by atomic mass is 16.5. The molecule has 1 aromatic heterocycles. The highest BCUT2D eigenvalue weighted by Crippen LogP contribution is 2.12. The summed E-state index contributed by atoms with van der Waals surface area (Å²) in [4.78, 5) is 36.3. The van der Waals surface area contributed by atoms with E-state index in [4.69, 9.17) is 9.15 Å². The molecule has 1 aliphatic heterocycles.